The average Bonchev–Trinajstić information content (AvgIpc) is 2.85. The molecule has 2 N–H and O–H groups in total. The van der Waals surface area contributed by atoms with E-state index in [1.807, 2.05) is 0 Å². The summed E-state index contributed by atoms with van der Waals surface area (Å²) < 4.78 is 33.3. The fraction of sp³-hybridized carbons (Fsp3) is 0.160. The molecule has 0 fully saturated rings. The standard InChI is InChI=1S/C25H21F2N3O4/c1-30-21-6-4-16(24(32)29-13-15-7-8-28-22(11-15)34-2)12-17(21)23(31)18(25(30)33)9-14-3-5-19(26)20(27)10-14/h3-8,10-12,31H,9,13H2,1-2H3,(H,29,32). The number of hydrogen-bond donors (Lipinski definition) is 2. The number of aryl methyl sites for hydroxylation is 1. The predicted molar refractivity (Wildman–Crippen MR) is 122 cm³/mol. The molecule has 174 valence electrons. The number of carbonyl (C=O) groups excluding carboxylic acids is 1. The van der Waals surface area contributed by atoms with Crippen molar-refractivity contribution >= 4 is 16.8 Å². The Bertz CT molecular complexity index is 1470. The second-order valence-corrected chi connectivity index (χ2v) is 7.74. The minimum Gasteiger partial charge on any atom is -0.507 e. The summed E-state index contributed by atoms with van der Waals surface area (Å²) in [6.45, 7) is 0.233. The summed E-state index contributed by atoms with van der Waals surface area (Å²) in [5, 5.41) is 14.0. The molecular weight excluding hydrogens is 444 g/mol. The van der Waals surface area contributed by atoms with Crippen LogP contribution in [-0.4, -0.2) is 27.7 Å². The predicted octanol–water partition coefficient (Wildman–Crippen LogP) is 3.45. The van der Waals surface area contributed by atoms with Gasteiger partial charge >= 0.3 is 0 Å². The SMILES string of the molecule is COc1cc(CNC(=O)c2ccc3c(c2)c(O)c(Cc2ccc(F)c(F)c2)c(=O)n3C)ccn1. The number of hydrogen-bond acceptors (Lipinski definition) is 5. The highest BCUT2D eigenvalue weighted by atomic mass is 19.2. The van der Waals surface area contributed by atoms with E-state index >= 15 is 0 Å². The largest absolute Gasteiger partial charge is 0.507 e. The molecule has 0 atom stereocenters. The number of benzene rings is 2. The third kappa shape index (κ3) is 4.45. The van der Waals surface area contributed by atoms with Crippen molar-refractivity contribution in [1.82, 2.24) is 14.9 Å². The number of methoxy groups -OCH3 is 1. The van der Waals surface area contributed by atoms with Crippen LogP contribution >= 0.6 is 0 Å². The third-order valence-corrected chi connectivity index (χ3v) is 5.55. The normalized spacial score (nSPS) is 10.9. The van der Waals surface area contributed by atoms with Crippen LogP contribution in [0.1, 0.15) is 27.0 Å². The lowest BCUT2D eigenvalue weighted by molar-refractivity contribution is 0.0951. The molecule has 2 aromatic heterocycles. The minimum atomic E-state index is -1.04. The molecule has 4 aromatic rings. The molecule has 0 aliphatic heterocycles. The zero-order valence-electron chi connectivity index (χ0n) is 18.4. The van der Waals surface area contributed by atoms with Gasteiger partial charge in [0, 0.05) is 43.2 Å². The van der Waals surface area contributed by atoms with E-state index in [0.29, 0.717) is 17.0 Å². The monoisotopic (exact) mass is 465 g/mol. The van der Waals surface area contributed by atoms with Crippen molar-refractivity contribution in [2.75, 3.05) is 7.11 Å². The molecule has 1 amide bonds. The van der Waals surface area contributed by atoms with Crippen LogP contribution in [0.15, 0.2) is 59.5 Å². The van der Waals surface area contributed by atoms with E-state index in [1.165, 1.54) is 30.9 Å². The van der Waals surface area contributed by atoms with E-state index in [0.717, 1.165) is 17.7 Å². The molecule has 0 spiro atoms. The number of ether oxygens (including phenoxy) is 1. The molecule has 7 nitrogen and oxygen atoms in total. The smallest absolute Gasteiger partial charge is 0.258 e. The van der Waals surface area contributed by atoms with Gasteiger partial charge in [-0.05, 0) is 47.5 Å². The number of fused-ring (bicyclic) bond motifs is 1. The van der Waals surface area contributed by atoms with Gasteiger partial charge in [0.05, 0.1) is 18.2 Å². The maximum atomic E-state index is 13.6. The van der Waals surface area contributed by atoms with Crippen LogP contribution in [-0.2, 0) is 20.0 Å². The van der Waals surface area contributed by atoms with Crippen molar-refractivity contribution in [2.24, 2.45) is 7.05 Å². The van der Waals surface area contributed by atoms with Crippen molar-refractivity contribution < 1.29 is 23.4 Å². The fourth-order valence-corrected chi connectivity index (χ4v) is 3.70. The molecule has 2 aromatic carbocycles. The van der Waals surface area contributed by atoms with Crippen LogP contribution in [0.2, 0.25) is 0 Å². The van der Waals surface area contributed by atoms with Crippen LogP contribution in [0.4, 0.5) is 8.78 Å². The highest BCUT2D eigenvalue weighted by molar-refractivity contribution is 5.99. The molecule has 0 saturated carbocycles. The first-order valence-corrected chi connectivity index (χ1v) is 10.3. The lowest BCUT2D eigenvalue weighted by Gasteiger charge is -2.13. The molecule has 4 rings (SSSR count). The second-order valence-electron chi connectivity index (χ2n) is 7.74. The quantitative estimate of drug-likeness (QED) is 0.455. The molecule has 0 saturated heterocycles. The average molecular weight is 465 g/mol. The first-order chi connectivity index (χ1) is 16.3. The van der Waals surface area contributed by atoms with Gasteiger partial charge in [-0.25, -0.2) is 13.8 Å². The summed E-state index contributed by atoms with van der Waals surface area (Å²) in [6.07, 6.45) is 1.47. The van der Waals surface area contributed by atoms with E-state index in [-0.39, 0.29) is 41.1 Å². The lowest BCUT2D eigenvalue weighted by atomic mass is 10.0. The van der Waals surface area contributed by atoms with E-state index in [1.54, 1.807) is 30.5 Å². The zero-order chi connectivity index (χ0) is 24.4. The van der Waals surface area contributed by atoms with Crippen molar-refractivity contribution in [1.29, 1.82) is 0 Å². The van der Waals surface area contributed by atoms with Crippen LogP contribution in [0.3, 0.4) is 0 Å². The van der Waals surface area contributed by atoms with Gasteiger partial charge in [-0.2, -0.15) is 0 Å². The Balaban J connectivity index is 1.65. The number of aromatic hydroxyl groups is 1. The van der Waals surface area contributed by atoms with Crippen molar-refractivity contribution in [3.8, 4) is 11.6 Å². The molecule has 2 heterocycles. The van der Waals surface area contributed by atoms with Gasteiger partial charge in [0.2, 0.25) is 5.88 Å². The number of carbonyl (C=O) groups is 1. The van der Waals surface area contributed by atoms with E-state index < -0.39 is 17.2 Å². The van der Waals surface area contributed by atoms with Crippen LogP contribution < -0.4 is 15.6 Å². The van der Waals surface area contributed by atoms with Gasteiger partial charge < -0.3 is 19.7 Å². The lowest BCUT2D eigenvalue weighted by Crippen LogP contribution is -2.24. The summed E-state index contributed by atoms with van der Waals surface area (Å²) >= 11 is 0. The van der Waals surface area contributed by atoms with Gasteiger partial charge in [-0.15, -0.1) is 0 Å². The Morgan fingerprint density at radius 3 is 2.62 bits per heavy atom. The topological polar surface area (TPSA) is 93.5 Å². The van der Waals surface area contributed by atoms with Gasteiger partial charge in [-0.3, -0.25) is 9.59 Å². The van der Waals surface area contributed by atoms with Gasteiger partial charge in [0.25, 0.3) is 11.5 Å². The molecule has 0 bridgehead atoms. The first-order valence-electron chi connectivity index (χ1n) is 10.3. The molecule has 0 radical (unpaired) electrons. The van der Waals surface area contributed by atoms with E-state index in [2.05, 4.69) is 10.3 Å². The fourth-order valence-electron chi connectivity index (χ4n) is 3.70. The minimum absolute atomic E-state index is 0.0162. The third-order valence-electron chi connectivity index (χ3n) is 5.55. The molecule has 34 heavy (non-hydrogen) atoms. The zero-order valence-corrected chi connectivity index (χ0v) is 18.4. The first kappa shape index (κ1) is 22.9. The van der Waals surface area contributed by atoms with Crippen molar-refractivity contribution in [3.63, 3.8) is 0 Å². The van der Waals surface area contributed by atoms with Crippen LogP contribution in [0.25, 0.3) is 10.9 Å². The van der Waals surface area contributed by atoms with Crippen LogP contribution in [0.5, 0.6) is 11.6 Å². The summed E-state index contributed by atoms with van der Waals surface area (Å²) in [5.41, 5.74) is 1.36. The Hall–Kier alpha value is -4.27. The Morgan fingerprint density at radius 1 is 1.09 bits per heavy atom. The molecule has 0 aliphatic carbocycles. The van der Waals surface area contributed by atoms with Crippen molar-refractivity contribution in [2.45, 2.75) is 13.0 Å². The number of nitrogens with zero attached hydrogens (tertiary/aromatic N) is 2. The number of aromatic nitrogens is 2. The second kappa shape index (κ2) is 9.30. The maximum Gasteiger partial charge on any atom is 0.258 e. The summed E-state index contributed by atoms with van der Waals surface area (Å²) in [4.78, 5) is 29.6. The number of rotatable bonds is 6. The highest BCUT2D eigenvalue weighted by Crippen LogP contribution is 2.29. The number of pyridine rings is 2. The van der Waals surface area contributed by atoms with Gasteiger partial charge in [0.15, 0.2) is 11.6 Å². The summed E-state index contributed by atoms with van der Waals surface area (Å²) in [5.74, 6) is -2.30. The Morgan fingerprint density at radius 2 is 1.88 bits per heavy atom. The maximum absolute atomic E-state index is 13.6. The van der Waals surface area contributed by atoms with Gasteiger partial charge in [0.1, 0.15) is 5.75 Å². The number of nitrogens with one attached hydrogen (secondary N) is 1. The molecule has 9 heteroatoms. The van der Waals surface area contributed by atoms with E-state index in [9.17, 15) is 23.5 Å². The number of halogens is 2. The summed E-state index contributed by atoms with van der Waals surface area (Å²) in [6, 6.07) is 11.4. The molecule has 0 aliphatic rings. The molecular formula is C25H21F2N3O4. The Kier molecular flexibility index (Phi) is 6.27. The van der Waals surface area contributed by atoms with Crippen molar-refractivity contribution in [3.05, 3.63) is 99.0 Å². The van der Waals surface area contributed by atoms with Gasteiger partial charge in [-0.1, -0.05) is 6.07 Å². The van der Waals surface area contributed by atoms with E-state index in [4.69, 9.17) is 4.74 Å². The highest BCUT2D eigenvalue weighted by Gasteiger charge is 2.18. The summed E-state index contributed by atoms with van der Waals surface area (Å²) in [7, 11) is 3.04. The number of amides is 1. The van der Waals surface area contributed by atoms with Crippen LogP contribution in [0, 0.1) is 11.6 Å². The molecule has 0 unspecified atom stereocenters. The Labute approximate surface area is 193 Å².